The third-order valence-electron chi connectivity index (χ3n) is 1.30. The molecule has 0 aliphatic carbocycles. The summed E-state index contributed by atoms with van der Waals surface area (Å²) in [6.45, 7) is 3.48. The largest absolute Gasteiger partial charge is 0.280 e. The smallest absolute Gasteiger partial charge is 0.219 e. The number of nitrogens with zero attached hydrogens (tertiary/aromatic N) is 1. The van der Waals surface area contributed by atoms with Gasteiger partial charge in [0.05, 0.1) is 0 Å². The van der Waals surface area contributed by atoms with Crippen LogP contribution in [0.1, 0.15) is 0 Å². The lowest BCUT2D eigenvalue weighted by molar-refractivity contribution is 0.626. The maximum absolute atomic E-state index is 10.5. The first kappa shape index (κ1) is 7.94. The first-order chi connectivity index (χ1) is 5.25. The van der Waals surface area contributed by atoms with Gasteiger partial charge in [0.1, 0.15) is 10.9 Å². The molecule has 1 aliphatic heterocycles. The van der Waals surface area contributed by atoms with Crippen molar-refractivity contribution < 1.29 is 8.42 Å². The highest BCUT2D eigenvalue weighted by Gasteiger charge is 2.10. The Morgan fingerprint density at radius 2 is 2.36 bits per heavy atom. The Morgan fingerprint density at radius 1 is 1.64 bits per heavy atom. The van der Waals surface area contributed by atoms with Crippen LogP contribution in [0.4, 0.5) is 0 Å². The Labute approximate surface area is 66.3 Å². The van der Waals surface area contributed by atoms with Gasteiger partial charge in [0.15, 0.2) is 0 Å². The van der Waals surface area contributed by atoms with Gasteiger partial charge in [-0.05, 0) is 12.2 Å². The Kier molecular flexibility index (Phi) is 2.38. The molecular formula is C7H7NO2S. The molecule has 0 aromatic heterocycles. The maximum Gasteiger partial charge on any atom is 0.219 e. The molecule has 1 unspecified atom stereocenters. The third kappa shape index (κ3) is 1.65. The highest BCUT2D eigenvalue weighted by molar-refractivity contribution is 7.73. The van der Waals surface area contributed by atoms with Crippen LogP contribution in [0.3, 0.4) is 0 Å². The molecule has 0 bridgehead atoms. The van der Waals surface area contributed by atoms with Gasteiger partial charge in [0.25, 0.3) is 0 Å². The van der Waals surface area contributed by atoms with E-state index in [4.69, 9.17) is 0 Å². The third-order valence-corrected chi connectivity index (χ3v) is 2.06. The predicted molar refractivity (Wildman–Crippen MR) is 45.5 cm³/mol. The summed E-state index contributed by atoms with van der Waals surface area (Å²) in [5.74, 6) is 0. The van der Waals surface area contributed by atoms with Crippen molar-refractivity contribution in [2.75, 3.05) is 0 Å². The number of allylic oxidation sites excluding steroid dienone is 1. The van der Waals surface area contributed by atoms with E-state index >= 15 is 0 Å². The molecular weight excluding hydrogens is 162 g/mol. The number of hydrogen-bond donors (Lipinski definition) is 0. The second kappa shape index (κ2) is 3.30. The summed E-state index contributed by atoms with van der Waals surface area (Å²) in [4.78, 5) is 4.16. The van der Waals surface area contributed by atoms with Crippen LogP contribution in [0.2, 0.25) is 0 Å². The van der Waals surface area contributed by atoms with E-state index in [2.05, 4.69) is 11.6 Å². The Balaban J connectivity index is 3.18. The molecule has 4 heteroatoms. The van der Waals surface area contributed by atoms with E-state index in [1.54, 1.807) is 12.3 Å². The van der Waals surface area contributed by atoms with Gasteiger partial charge < -0.3 is 0 Å². The van der Waals surface area contributed by atoms with Crippen molar-refractivity contribution in [1.29, 1.82) is 0 Å². The lowest BCUT2D eigenvalue weighted by Gasteiger charge is -2.05. The molecule has 58 valence electrons. The van der Waals surface area contributed by atoms with Gasteiger partial charge >= 0.3 is 0 Å². The molecule has 0 aromatic rings. The maximum atomic E-state index is 10.5. The van der Waals surface area contributed by atoms with E-state index in [1.165, 1.54) is 12.2 Å². The van der Waals surface area contributed by atoms with Crippen LogP contribution in [0.15, 0.2) is 29.8 Å². The fourth-order valence-electron chi connectivity index (χ4n) is 0.783. The van der Waals surface area contributed by atoms with Gasteiger partial charge in [-0.2, -0.15) is 8.42 Å². The van der Waals surface area contributed by atoms with E-state index < -0.39 is 16.3 Å². The average molecular weight is 169 g/mol. The second-order valence-corrected chi connectivity index (χ2v) is 2.92. The summed E-state index contributed by atoms with van der Waals surface area (Å²) < 4.78 is 21.0. The van der Waals surface area contributed by atoms with E-state index in [0.717, 1.165) is 0 Å². The quantitative estimate of drug-likeness (QED) is 0.417. The molecule has 0 spiro atoms. The molecule has 1 heterocycles. The molecule has 0 radical (unpaired) electrons. The van der Waals surface area contributed by atoms with Gasteiger partial charge in [-0.3, -0.25) is 4.99 Å². The molecule has 1 aliphatic rings. The Bertz CT molecular complexity index is 341. The summed E-state index contributed by atoms with van der Waals surface area (Å²) in [7, 11) is -2.19. The lowest BCUT2D eigenvalue weighted by Crippen LogP contribution is -2.17. The van der Waals surface area contributed by atoms with E-state index in [9.17, 15) is 8.42 Å². The van der Waals surface area contributed by atoms with E-state index in [1.807, 2.05) is 0 Å². The minimum atomic E-state index is -2.19. The van der Waals surface area contributed by atoms with Gasteiger partial charge in [-0.25, -0.2) is 0 Å². The zero-order chi connectivity index (χ0) is 8.27. The second-order valence-electron chi connectivity index (χ2n) is 1.97. The SMILES string of the molecule is C=CC1N=CC=CC1=S(=O)=O. The molecule has 3 nitrogen and oxygen atoms in total. The van der Waals surface area contributed by atoms with Crippen LogP contribution in [-0.2, 0) is 10.3 Å². The fraction of sp³-hybridized carbons (Fsp3) is 0.143. The average Bonchev–Trinajstić information content (AvgIpc) is 2.04. The van der Waals surface area contributed by atoms with Crippen LogP contribution >= 0.6 is 0 Å². The van der Waals surface area contributed by atoms with Crippen LogP contribution in [0.25, 0.3) is 0 Å². The minimum absolute atomic E-state index is 0.266. The van der Waals surface area contributed by atoms with E-state index in [-0.39, 0.29) is 4.86 Å². The van der Waals surface area contributed by atoms with Crippen LogP contribution in [0, 0.1) is 0 Å². The number of dihydropyridines is 1. The molecule has 11 heavy (non-hydrogen) atoms. The van der Waals surface area contributed by atoms with Crippen molar-refractivity contribution in [2.24, 2.45) is 4.99 Å². The first-order valence-electron chi connectivity index (χ1n) is 3.04. The highest BCUT2D eigenvalue weighted by atomic mass is 32.2. The summed E-state index contributed by atoms with van der Waals surface area (Å²) in [5.41, 5.74) is 0. The summed E-state index contributed by atoms with van der Waals surface area (Å²) in [6.07, 6.45) is 6.15. The molecule has 1 rings (SSSR count). The van der Waals surface area contributed by atoms with Gasteiger partial charge in [0.2, 0.25) is 10.3 Å². The van der Waals surface area contributed by atoms with Crippen LogP contribution in [0.5, 0.6) is 0 Å². The predicted octanol–water partition coefficient (Wildman–Crippen LogP) is 0.233. The summed E-state index contributed by atoms with van der Waals surface area (Å²) in [6, 6.07) is -0.404. The van der Waals surface area contributed by atoms with Crippen molar-refractivity contribution >= 4 is 21.4 Å². The van der Waals surface area contributed by atoms with Gasteiger partial charge in [0, 0.05) is 6.21 Å². The standard InChI is InChI=1S/C7H7NO2S/c1-2-6-7(11(9)10)4-3-5-8-6/h2-6H,1H2. The lowest BCUT2D eigenvalue weighted by atomic mass is 10.2. The minimum Gasteiger partial charge on any atom is -0.280 e. The molecule has 1 atom stereocenters. The van der Waals surface area contributed by atoms with Gasteiger partial charge in [-0.15, -0.1) is 6.58 Å². The zero-order valence-electron chi connectivity index (χ0n) is 5.77. The molecule has 0 aromatic carbocycles. The summed E-state index contributed by atoms with van der Waals surface area (Å²) in [5, 5.41) is 0. The monoisotopic (exact) mass is 169 g/mol. The summed E-state index contributed by atoms with van der Waals surface area (Å²) >= 11 is 0. The first-order valence-corrected chi connectivity index (χ1v) is 4.11. The van der Waals surface area contributed by atoms with Crippen molar-refractivity contribution in [1.82, 2.24) is 0 Å². The van der Waals surface area contributed by atoms with Crippen molar-refractivity contribution in [3.05, 3.63) is 24.8 Å². The Hall–Kier alpha value is -1.16. The van der Waals surface area contributed by atoms with Crippen molar-refractivity contribution in [3.63, 3.8) is 0 Å². The van der Waals surface area contributed by atoms with Crippen molar-refractivity contribution in [2.45, 2.75) is 6.04 Å². The molecule has 0 N–H and O–H groups in total. The Morgan fingerprint density at radius 3 is 2.82 bits per heavy atom. The van der Waals surface area contributed by atoms with Gasteiger partial charge in [-0.1, -0.05) is 6.08 Å². The fourth-order valence-corrected chi connectivity index (χ4v) is 1.33. The number of hydrogen-bond acceptors (Lipinski definition) is 3. The molecule has 0 amide bonds. The topological polar surface area (TPSA) is 46.5 Å². The molecule has 0 saturated carbocycles. The molecule has 0 saturated heterocycles. The molecule has 0 fully saturated rings. The number of rotatable bonds is 1. The number of aliphatic imine (C=N–C) groups is 1. The van der Waals surface area contributed by atoms with E-state index in [0.29, 0.717) is 0 Å². The highest BCUT2D eigenvalue weighted by Crippen LogP contribution is 2.00. The van der Waals surface area contributed by atoms with Crippen molar-refractivity contribution in [3.8, 4) is 0 Å². The normalized spacial score (nSPS) is 21.8. The zero-order valence-corrected chi connectivity index (χ0v) is 6.58. The van der Waals surface area contributed by atoms with Crippen LogP contribution in [-0.4, -0.2) is 25.5 Å². The van der Waals surface area contributed by atoms with Crippen LogP contribution < -0.4 is 0 Å².